The van der Waals surface area contributed by atoms with Crippen LogP contribution in [0.3, 0.4) is 0 Å². The average Bonchev–Trinajstić information content (AvgIpc) is 3.08. The predicted molar refractivity (Wildman–Crippen MR) is 72.9 cm³/mol. The Morgan fingerprint density at radius 1 is 1.26 bits per heavy atom. The quantitative estimate of drug-likeness (QED) is 0.794. The van der Waals surface area contributed by atoms with E-state index in [1.807, 2.05) is 0 Å². The highest BCUT2D eigenvalue weighted by Gasteiger charge is 2.64. The van der Waals surface area contributed by atoms with E-state index in [9.17, 15) is 9.90 Å². The van der Waals surface area contributed by atoms with Crippen LogP contribution in [-0.2, 0) is 9.53 Å². The summed E-state index contributed by atoms with van der Waals surface area (Å²) in [5.74, 6) is 0.303. The fraction of sp³-hybridized carbons (Fsp3) is 0.938. The van der Waals surface area contributed by atoms with Crippen LogP contribution in [0, 0.1) is 17.3 Å². The maximum absolute atomic E-state index is 12.0. The molecule has 3 heteroatoms. The van der Waals surface area contributed by atoms with Crippen LogP contribution in [0.25, 0.3) is 0 Å². The van der Waals surface area contributed by atoms with Crippen LogP contribution in [0.2, 0.25) is 0 Å². The standard InChI is InChI=1S/C16H26O3/c1-11(12-6-4-3-5-7-12)16(14(17)18)9-8-13-15(2,10-16)19-13/h11-13H,3-10H2,1-2H3,(H,17,18). The van der Waals surface area contributed by atoms with Crippen LogP contribution in [0.1, 0.15) is 65.2 Å². The molecule has 3 fully saturated rings. The SMILES string of the molecule is CC(C1CCCCC1)C1(C(=O)O)CCC2OC2(C)C1. The molecular weight excluding hydrogens is 240 g/mol. The molecule has 1 heterocycles. The van der Waals surface area contributed by atoms with Gasteiger partial charge in [-0.15, -0.1) is 0 Å². The molecule has 2 saturated carbocycles. The van der Waals surface area contributed by atoms with Crippen molar-refractivity contribution in [3.8, 4) is 0 Å². The van der Waals surface area contributed by atoms with Gasteiger partial charge in [0.2, 0.25) is 0 Å². The molecule has 1 saturated heterocycles. The number of hydrogen-bond acceptors (Lipinski definition) is 2. The molecule has 0 amide bonds. The van der Waals surface area contributed by atoms with Gasteiger partial charge in [0.15, 0.2) is 0 Å². The van der Waals surface area contributed by atoms with Gasteiger partial charge in [0.05, 0.1) is 17.1 Å². The molecule has 1 aliphatic heterocycles. The summed E-state index contributed by atoms with van der Waals surface area (Å²) in [4.78, 5) is 12.0. The largest absolute Gasteiger partial charge is 0.481 e. The lowest BCUT2D eigenvalue weighted by Gasteiger charge is -2.43. The third-order valence-corrected chi connectivity index (χ3v) is 6.21. The second-order valence-electron chi connectivity index (χ2n) is 7.28. The van der Waals surface area contributed by atoms with Crippen molar-refractivity contribution in [2.24, 2.45) is 17.3 Å². The van der Waals surface area contributed by atoms with Crippen LogP contribution < -0.4 is 0 Å². The molecule has 0 radical (unpaired) electrons. The monoisotopic (exact) mass is 266 g/mol. The van der Waals surface area contributed by atoms with Crippen molar-refractivity contribution in [3.63, 3.8) is 0 Å². The van der Waals surface area contributed by atoms with E-state index >= 15 is 0 Å². The number of fused-ring (bicyclic) bond motifs is 1. The molecule has 0 aromatic heterocycles. The molecule has 2 aliphatic carbocycles. The van der Waals surface area contributed by atoms with Crippen molar-refractivity contribution in [3.05, 3.63) is 0 Å². The smallest absolute Gasteiger partial charge is 0.310 e. The molecular formula is C16H26O3. The van der Waals surface area contributed by atoms with Gasteiger partial charge in [-0.25, -0.2) is 0 Å². The molecule has 4 atom stereocenters. The Morgan fingerprint density at radius 2 is 1.95 bits per heavy atom. The van der Waals surface area contributed by atoms with Gasteiger partial charge in [-0.1, -0.05) is 39.0 Å². The molecule has 0 aromatic rings. The first-order valence-electron chi connectivity index (χ1n) is 7.89. The summed E-state index contributed by atoms with van der Waals surface area (Å²) >= 11 is 0. The van der Waals surface area contributed by atoms with Crippen LogP contribution in [0.5, 0.6) is 0 Å². The van der Waals surface area contributed by atoms with E-state index in [2.05, 4.69) is 13.8 Å². The van der Waals surface area contributed by atoms with Crippen molar-refractivity contribution in [1.82, 2.24) is 0 Å². The van der Waals surface area contributed by atoms with Crippen molar-refractivity contribution >= 4 is 5.97 Å². The van der Waals surface area contributed by atoms with Crippen LogP contribution in [-0.4, -0.2) is 22.8 Å². The average molecular weight is 266 g/mol. The lowest BCUT2D eigenvalue weighted by Crippen LogP contribution is -2.47. The number of hydrogen-bond donors (Lipinski definition) is 1. The van der Waals surface area contributed by atoms with Crippen molar-refractivity contribution in [2.75, 3.05) is 0 Å². The zero-order valence-electron chi connectivity index (χ0n) is 12.2. The molecule has 0 spiro atoms. The zero-order chi connectivity index (χ0) is 13.7. The van der Waals surface area contributed by atoms with E-state index in [1.165, 1.54) is 32.1 Å². The summed E-state index contributed by atoms with van der Waals surface area (Å²) < 4.78 is 5.74. The third-order valence-electron chi connectivity index (χ3n) is 6.21. The van der Waals surface area contributed by atoms with E-state index < -0.39 is 11.4 Å². The molecule has 3 aliphatic rings. The topological polar surface area (TPSA) is 49.8 Å². The second kappa shape index (κ2) is 4.47. The molecule has 3 rings (SSSR count). The Hall–Kier alpha value is -0.570. The van der Waals surface area contributed by atoms with Crippen LogP contribution >= 0.6 is 0 Å². The summed E-state index contributed by atoms with van der Waals surface area (Å²) in [5, 5.41) is 9.89. The molecule has 19 heavy (non-hydrogen) atoms. The van der Waals surface area contributed by atoms with Crippen molar-refractivity contribution < 1.29 is 14.6 Å². The summed E-state index contributed by atoms with van der Waals surface area (Å²) in [5.41, 5.74) is -0.677. The summed E-state index contributed by atoms with van der Waals surface area (Å²) in [6.07, 6.45) is 9.11. The second-order valence-corrected chi connectivity index (χ2v) is 7.28. The molecule has 1 N–H and O–H groups in total. The van der Waals surface area contributed by atoms with E-state index in [1.54, 1.807) is 0 Å². The molecule has 3 nitrogen and oxygen atoms in total. The predicted octanol–water partition coefficient (Wildman–Crippen LogP) is 3.62. The molecule has 108 valence electrons. The van der Waals surface area contributed by atoms with E-state index in [4.69, 9.17) is 4.74 Å². The van der Waals surface area contributed by atoms with Crippen molar-refractivity contribution in [1.29, 1.82) is 0 Å². The normalized spacial score (nSPS) is 44.4. The van der Waals surface area contributed by atoms with Crippen LogP contribution in [0.4, 0.5) is 0 Å². The van der Waals surface area contributed by atoms with Gasteiger partial charge in [0, 0.05) is 0 Å². The molecule has 0 bridgehead atoms. The number of rotatable bonds is 3. The zero-order valence-corrected chi connectivity index (χ0v) is 12.2. The highest BCUT2D eigenvalue weighted by Crippen LogP contribution is 2.58. The lowest BCUT2D eigenvalue weighted by atomic mass is 9.58. The van der Waals surface area contributed by atoms with Gasteiger partial charge in [-0.2, -0.15) is 0 Å². The fourth-order valence-electron chi connectivity index (χ4n) is 4.77. The maximum atomic E-state index is 12.0. The van der Waals surface area contributed by atoms with Gasteiger partial charge < -0.3 is 9.84 Å². The van der Waals surface area contributed by atoms with Crippen molar-refractivity contribution in [2.45, 2.75) is 76.9 Å². The summed E-state index contributed by atoms with van der Waals surface area (Å²) in [7, 11) is 0. The Morgan fingerprint density at radius 3 is 2.53 bits per heavy atom. The fourth-order valence-corrected chi connectivity index (χ4v) is 4.77. The van der Waals surface area contributed by atoms with E-state index in [0.29, 0.717) is 12.0 Å². The number of epoxide rings is 1. The molecule has 4 unspecified atom stereocenters. The molecule has 0 aromatic carbocycles. The minimum Gasteiger partial charge on any atom is -0.481 e. The summed E-state index contributed by atoms with van der Waals surface area (Å²) in [6, 6.07) is 0. The Balaban J connectivity index is 1.81. The number of carboxylic acid groups (broad SMARTS) is 1. The Labute approximate surface area is 115 Å². The Kier molecular flexibility index (Phi) is 3.16. The van der Waals surface area contributed by atoms with Gasteiger partial charge in [0.1, 0.15) is 0 Å². The number of ether oxygens (including phenoxy) is 1. The van der Waals surface area contributed by atoms with Gasteiger partial charge in [-0.3, -0.25) is 4.79 Å². The Bertz CT molecular complexity index is 374. The van der Waals surface area contributed by atoms with Gasteiger partial charge in [-0.05, 0) is 38.0 Å². The number of carboxylic acids is 1. The summed E-state index contributed by atoms with van der Waals surface area (Å²) in [6.45, 7) is 4.29. The first-order valence-corrected chi connectivity index (χ1v) is 7.89. The lowest BCUT2D eigenvalue weighted by molar-refractivity contribution is -0.157. The van der Waals surface area contributed by atoms with Gasteiger partial charge >= 0.3 is 5.97 Å². The minimum absolute atomic E-state index is 0.139. The van der Waals surface area contributed by atoms with Gasteiger partial charge in [0.25, 0.3) is 0 Å². The number of carbonyl (C=O) groups is 1. The highest BCUT2D eigenvalue weighted by atomic mass is 16.6. The number of aliphatic carboxylic acids is 1. The maximum Gasteiger partial charge on any atom is 0.310 e. The minimum atomic E-state index is -0.583. The first kappa shape index (κ1) is 13.4. The van der Waals surface area contributed by atoms with E-state index in [0.717, 1.165) is 19.3 Å². The van der Waals surface area contributed by atoms with E-state index in [-0.39, 0.29) is 11.5 Å². The first-order chi connectivity index (χ1) is 8.98. The highest BCUT2D eigenvalue weighted by molar-refractivity contribution is 5.75. The third kappa shape index (κ3) is 2.10. The van der Waals surface area contributed by atoms with Crippen LogP contribution in [0.15, 0.2) is 0 Å².